The number of aldehydes is 1. The van der Waals surface area contributed by atoms with Gasteiger partial charge in [0.15, 0.2) is 12.1 Å². The second-order valence-electron chi connectivity index (χ2n) is 3.61. The summed E-state index contributed by atoms with van der Waals surface area (Å²) in [5.74, 6) is -1.19. The van der Waals surface area contributed by atoms with Gasteiger partial charge in [-0.05, 0) is 0 Å². The number of carbonyl (C=O) groups excluding carboxylic acids is 2. The molecule has 0 aliphatic heterocycles. The van der Waals surface area contributed by atoms with Crippen molar-refractivity contribution in [2.24, 2.45) is 5.92 Å². The maximum atomic E-state index is 11.2. The van der Waals surface area contributed by atoms with Gasteiger partial charge in [-0.2, -0.15) is 0 Å². The van der Waals surface area contributed by atoms with E-state index in [4.69, 9.17) is 10.2 Å². The molecular weight excluding hydrogens is 204 g/mol. The van der Waals surface area contributed by atoms with E-state index in [-0.39, 0.29) is 6.29 Å². The Labute approximate surface area is 87.2 Å². The molecule has 0 spiro atoms. The Hall–Kier alpha value is -0.820. The maximum absolute atomic E-state index is 11.2. The number of ketones is 1. The molecule has 0 bridgehead atoms. The van der Waals surface area contributed by atoms with Gasteiger partial charge in [-0.1, -0.05) is 13.8 Å². The van der Waals surface area contributed by atoms with Crippen LogP contribution < -0.4 is 0 Å². The summed E-state index contributed by atoms with van der Waals surface area (Å²) >= 11 is 0. The molecular formula is C9H16O6. The van der Waals surface area contributed by atoms with E-state index in [0.717, 1.165) is 0 Å². The van der Waals surface area contributed by atoms with Gasteiger partial charge in [-0.15, -0.1) is 0 Å². The van der Waals surface area contributed by atoms with Crippen molar-refractivity contribution < 1.29 is 30.0 Å². The van der Waals surface area contributed by atoms with Crippen molar-refractivity contribution in [2.45, 2.75) is 38.3 Å². The number of aliphatic hydroxyl groups is 4. The van der Waals surface area contributed by atoms with E-state index >= 15 is 0 Å². The van der Waals surface area contributed by atoms with Crippen LogP contribution in [0.5, 0.6) is 0 Å². The van der Waals surface area contributed by atoms with Gasteiger partial charge in [0.1, 0.15) is 24.4 Å². The lowest BCUT2D eigenvalue weighted by atomic mass is 9.95. The first kappa shape index (κ1) is 14.2. The van der Waals surface area contributed by atoms with Crippen LogP contribution in [0.1, 0.15) is 13.8 Å². The molecule has 4 atom stereocenters. The highest BCUT2D eigenvalue weighted by Gasteiger charge is 2.34. The van der Waals surface area contributed by atoms with Crippen molar-refractivity contribution in [3.63, 3.8) is 0 Å². The van der Waals surface area contributed by atoms with Gasteiger partial charge in [-0.25, -0.2) is 0 Å². The molecule has 4 N–H and O–H groups in total. The Kier molecular flexibility index (Phi) is 5.59. The van der Waals surface area contributed by atoms with Crippen LogP contribution in [-0.4, -0.2) is 56.9 Å². The summed E-state index contributed by atoms with van der Waals surface area (Å²) in [6, 6.07) is 0. The SMILES string of the molecule is CC(C)C(=O)C(O)C(O)C(O)C(O)C=O. The lowest BCUT2D eigenvalue weighted by Crippen LogP contribution is -2.49. The molecule has 0 radical (unpaired) electrons. The van der Waals surface area contributed by atoms with Gasteiger partial charge in [0.2, 0.25) is 0 Å². The fraction of sp³-hybridized carbons (Fsp3) is 0.778. The van der Waals surface area contributed by atoms with E-state index in [9.17, 15) is 19.8 Å². The van der Waals surface area contributed by atoms with Crippen LogP contribution in [0, 0.1) is 5.92 Å². The minimum Gasteiger partial charge on any atom is -0.387 e. The summed E-state index contributed by atoms with van der Waals surface area (Å²) in [5.41, 5.74) is 0. The second kappa shape index (κ2) is 5.92. The summed E-state index contributed by atoms with van der Waals surface area (Å²) in [5, 5.41) is 36.6. The van der Waals surface area contributed by atoms with Gasteiger partial charge in [0.25, 0.3) is 0 Å². The highest BCUT2D eigenvalue weighted by atomic mass is 16.4. The van der Waals surface area contributed by atoms with Gasteiger partial charge < -0.3 is 25.2 Å². The molecule has 0 aromatic carbocycles. The van der Waals surface area contributed by atoms with Gasteiger partial charge >= 0.3 is 0 Å². The Balaban J connectivity index is 4.49. The van der Waals surface area contributed by atoms with E-state index in [1.807, 2.05) is 0 Å². The van der Waals surface area contributed by atoms with Crippen LogP contribution in [-0.2, 0) is 9.59 Å². The largest absolute Gasteiger partial charge is 0.387 e. The number of rotatable bonds is 6. The first-order valence-electron chi connectivity index (χ1n) is 4.54. The molecule has 0 aromatic rings. The first-order chi connectivity index (χ1) is 6.82. The summed E-state index contributed by atoms with van der Waals surface area (Å²) in [4.78, 5) is 21.3. The quantitative estimate of drug-likeness (QED) is 0.379. The Bertz CT molecular complexity index is 227. The fourth-order valence-corrected chi connectivity index (χ4v) is 0.979. The highest BCUT2D eigenvalue weighted by Crippen LogP contribution is 2.09. The average molecular weight is 220 g/mol. The van der Waals surface area contributed by atoms with Crippen LogP contribution in [0.3, 0.4) is 0 Å². The fourth-order valence-electron chi connectivity index (χ4n) is 0.979. The molecule has 88 valence electrons. The Morgan fingerprint density at radius 3 is 1.87 bits per heavy atom. The highest BCUT2D eigenvalue weighted by molar-refractivity contribution is 5.85. The van der Waals surface area contributed by atoms with Crippen molar-refractivity contribution in [1.29, 1.82) is 0 Å². The number of hydrogen-bond acceptors (Lipinski definition) is 6. The zero-order valence-electron chi connectivity index (χ0n) is 8.57. The molecule has 0 amide bonds. The van der Waals surface area contributed by atoms with E-state index in [1.54, 1.807) is 0 Å². The zero-order valence-corrected chi connectivity index (χ0v) is 8.57. The lowest BCUT2D eigenvalue weighted by Gasteiger charge is -2.24. The molecule has 6 nitrogen and oxygen atoms in total. The number of Topliss-reactive ketones (excluding diaryl/α,β-unsaturated/α-hetero) is 1. The molecule has 0 rings (SSSR count). The van der Waals surface area contributed by atoms with Crippen molar-refractivity contribution in [3.05, 3.63) is 0 Å². The minimum atomic E-state index is -1.87. The van der Waals surface area contributed by atoms with Gasteiger partial charge in [-0.3, -0.25) is 4.79 Å². The van der Waals surface area contributed by atoms with Crippen molar-refractivity contribution in [1.82, 2.24) is 0 Å². The molecule has 0 aliphatic rings. The topological polar surface area (TPSA) is 115 Å². The van der Waals surface area contributed by atoms with E-state index in [2.05, 4.69) is 0 Å². The number of hydrogen-bond donors (Lipinski definition) is 4. The molecule has 4 unspecified atom stereocenters. The summed E-state index contributed by atoms with van der Waals surface area (Å²) in [6.07, 6.45) is -7.37. The summed E-state index contributed by atoms with van der Waals surface area (Å²) in [6.45, 7) is 3.03. The van der Waals surface area contributed by atoms with Gasteiger partial charge in [0, 0.05) is 5.92 Å². The van der Waals surface area contributed by atoms with Crippen molar-refractivity contribution >= 4 is 12.1 Å². The third-order valence-electron chi connectivity index (χ3n) is 2.02. The maximum Gasteiger partial charge on any atom is 0.166 e. The molecule has 0 saturated carbocycles. The van der Waals surface area contributed by atoms with Gasteiger partial charge in [0.05, 0.1) is 0 Å². The standard InChI is InChI=1S/C9H16O6/c1-4(2)6(12)8(14)9(15)7(13)5(11)3-10/h3-5,7-9,11,13-15H,1-2H3. The molecule has 0 fully saturated rings. The third-order valence-corrected chi connectivity index (χ3v) is 2.02. The normalized spacial score (nSPS) is 19.4. The molecule has 6 heteroatoms. The lowest BCUT2D eigenvalue weighted by molar-refractivity contribution is -0.150. The molecule has 15 heavy (non-hydrogen) atoms. The predicted octanol–water partition coefficient (Wildman–Crippen LogP) is -2.15. The van der Waals surface area contributed by atoms with Crippen molar-refractivity contribution in [2.75, 3.05) is 0 Å². The van der Waals surface area contributed by atoms with Crippen LogP contribution >= 0.6 is 0 Å². The average Bonchev–Trinajstić information content (AvgIpc) is 2.23. The second-order valence-corrected chi connectivity index (χ2v) is 3.61. The third kappa shape index (κ3) is 3.67. The van der Waals surface area contributed by atoms with Crippen LogP contribution in [0.15, 0.2) is 0 Å². The Morgan fingerprint density at radius 2 is 1.53 bits per heavy atom. The molecule has 0 saturated heterocycles. The first-order valence-corrected chi connectivity index (χ1v) is 4.54. The van der Waals surface area contributed by atoms with E-state index in [1.165, 1.54) is 13.8 Å². The summed E-state index contributed by atoms with van der Waals surface area (Å²) in [7, 11) is 0. The number of carbonyl (C=O) groups is 2. The van der Waals surface area contributed by atoms with E-state index < -0.39 is 36.1 Å². The van der Waals surface area contributed by atoms with Crippen molar-refractivity contribution in [3.8, 4) is 0 Å². The Morgan fingerprint density at radius 1 is 1.07 bits per heavy atom. The van der Waals surface area contributed by atoms with Crippen LogP contribution in [0.2, 0.25) is 0 Å². The van der Waals surface area contributed by atoms with E-state index in [0.29, 0.717) is 0 Å². The van der Waals surface area contributed by atoms with Crippen LogP contribution in [0.4, 0.5) is 0 Å². The van der Waals surface area contributed by atoms with Crippen LogP contribution in [0.25, 0.3) is 0 Å². The molecule has 0 aromatic heterocycles. The predicted molar refractivity (Wildman–Crippen MR) is 49.9 cm³/mol. The monoisotopic (exact) mass is 220 g/mol. The zero-order chi connectivity index (χ0) is 12.2. The molecule has 0 aliphatic carbocycles. The smallest absolute Gasteiger partial charge is 0.166 e. The minimum absolute atomic E-state index is 0.0143. The number of aliphatic hydroxyl groups excluding tert-OH is 4. The molecule has 0 heterocycles. The summed E-state index contributed by atoms with van der Waals surface area (Å²) < 4.78 is 0.